The van der Waals surface area contributed by atoms with Crippen LogP contribution >= 0.6 is 15.9 Å². The van der Waals surface area contributed by atoms with Gasteiger partial charge in [0.05, 0.1) is 11.0 Å². The molecule has 102 valence electrons. The van der Waals surface area contributed by atoms with Gasteiger partial charge >= 0.3 is 0 Å². The first-order chi connectivity index (χ1) is 9.75. The number of fused-ring (bicyclic) bond motifs is 1. The van der Waals surface area contributed by atoms with Gasteiger partial charge in [-0.15, -0.1) is 10.2 Å². The highest BCUT2D eigenvalue weighted by atomic mass is 79.9. The van der Waals surface area contributed by atoms with Crippen molar-refractivity contribution in [3.63, 3.8) is 0 Å². The zero-order chi connectivity index (χ0) is 13.9. The Morgan fingerprint density at radius 1 is 1.10 bits per heavy atom. The van der Waals surface area contributed by atoms with Crippen LogP contribution in [0.5, 0.6) is 5.75 Å². The van der Waals surface area contributed by atoms with Crippen molar-refractivity contribution in [1.29, 1.82) is 0 Å². The van der Waals surface area contributed by atoms with Gasteiger partial charge in [0.15, 0.2) is 11.5 Å². The Balaban J connectivity index is 1.70. The van der Waals surface area contributed by atoms with Crippen LogP contribution in [0.2, 0.25) is 0 Å². The van der Waals surface area contributed by atoms with Gasteiger partial charge in [0.25, 0.3) is 0 Å². The van der Waals surface area contributed by atoms with Crippen molar-refractivity contribution in [2.45, 2.75) is 13.1 Å². The minimum atomic E-state index is 0.270. The average Bonchev–Trinajstić information content (AvgIpc) is 2.87. The van der Waals surface area contributed by atoms with Gasteiger partial charge in [-0.2, -0.15) is 0 Å². The SMILES string of the molecule is Oc1c(Br)cccc1CNCc1nnc2ccccn12. The number of phenolic OH excluding ortho intramolecular Hbond substituents is 1. The molecular weight excluding hydrogens is 320 g/mol. The quantitative estimate of drug-likeness (QED) is 0.770. The molecule has 0 bridgehead atoms. The number of phenols is 1. The molecule has 1 aromatic carbocycles. The summed E-state index contributed by atoms with van der Waals surface area (Å²) in [5.74, 6) is 1.11. The molecule has 0 aliphatic carbocycles. The normalized spacial score (nSPS) is 11.1. The second kappa shape index (κ2) is 5.60. The van der Waals surface area contributed by atoms with Crippen LogP contribution in [-0.4, -0.2) is 19.7 Å². The Labute approximate surface area is 124 Å². The first kappa shape index (κ1) is 13.1. The van der Waals surface area contributed by atoms with E-state index in [9.17, 15) is 5.11 Å². The highest BCUT2D eigenvalue weighted by molar-refractivity contribution is 9.10. The summed E-state index contributed by atoms with van der Waals surface area (Å²) in [5.41, 5.74) is 1.67. The molecule has 3 aromatic rings. The first-order valence-corrected chi connectivity index (χ1v) is 7.01. The van der Waals surface area contributed by atoms with E-state index in [0.29, 0.717) is 17.6 Å². The van der Waals surface area contributed by atoms with Crippen LogP contribution in [0.4, 0.5) is 0 Å². The van der Waals surface area contributed by atoms with Crippen molar-refractivity contribution >= 4 is 21.6 Å². The first-order valence-electron chi connectivity index (χ1n) is 6.21. The maximum Gasteiger partial charge on any atom is 0.160 e. The van der Waals surface area contributed by atoms with Gasteiger partial charge in [-0.25, -0.2) is 0 Å². The molecule has 0 radical (unpaired) electrons. The zero-order valence-electron chi connectivity index (χ0n) is 10.6. The molecule has 0 amide bonds. The molecule has 0 fully saturated rings. The molecule has 0 aliphatic rings. The van der Waals surface area contributed by atoms with Crippen LogP contribution in [0.3, 0.4) is 0 Å². The smallest absolute Gasteiger partial charge is 0.160 e. The van der Waals surface area contributed by atoms with E-state index in [0.717, 1.165) is 17.0 Å². The summed E-state index contributed by atoms with van der Waals surface area (Å²) in [6.45, 7) is 1.14. The Hall–Kier alpha value is -1.92. The standard InChI is InChI=1S/C14H13BrN4O/c15-11-5-3-4-10(14(11)20)8-16-9-13-18-17-12-6-1-2-7-19(12)13/h1-7,16,20H,8-9H2. The minimum absolute atomic E-state index is 0.270. The van der Waals surface area contributed by atoms with Crippen molar-refractivity contribution in [2.75, 3.05) is 0 Å². The number of pyridine rings is 1. The second-order valence-corrected chi connectivity index (χ2v) is 5.25. The van der Waals surface area contributed by atoms with Crippen LogP contribution in [0.25, 0.3) is 5.65 Å². The van der Waals surface area contributed by atoms with E-state index in [4.69, 9.17) is 0 Å². The van der Waals surface area contributed by atoms with Crippen molar-refractivity contribution < 1.29 is 5.11 Å². The molecule has 0 unspecified atom stereocenters. The van der Waals surface area contributed by atoms with E-state index in [-0.39, 0.29) is 5.75 Å². The third-order valence-corrected chi connectivity index (χ3v) is 3.69. The van der Waals surface area contributed by atoms with Crippen molar-refractivity contribution in [1.82, 2.24) is 19.9 Å². The maximum absolute atomic E-state index is 9.91. The van der Waals surface area contributed by atoms with Gasteiger partial charge in [-0.05, 0) is 34.1 Å². The molecule has 0 saturated heterocycles. The summed E-state index contributed by atoms with van der Waals surface area (Å²) >= 11 is 3.30. The molecule has 2 heterocycles. The third kappa shape index (κ3) is 2.52. The lowest BCUT2D eigenvalue weighted by Crippen LogP contribution is -2.15. The fourth-order valence-electron chi connectivity index (χ4n) is 2.02. The number of hydrogen-bond donors (Lipinski definition) is 2. The molecule has 2 N–H and O–H groups in total. The minimum Gasteiger partial charge on any atom is -0.506 e. The van der Waals surface area contributed by atoms with Gasteiger partial charge < -0.3 is 10.4 Å². The third-order valence-electron chi connectivity index (χ3n) is 3.05. The van der Waals surface area contributed by atoms with Crippen LogP contribution in [-0.2, 0) is 13.1 Å². The fraction of sp³-hybridized carbons (Fsp3) is 0.143. The molecule has 0 atom stereocenters. The lowest BCUT2D eigenvalue weighted by Gasteiger charge is -2.07. The van der Waals surface area contributed by atoms with Crippen LogP contribution < -0.4 is 5.32 Å². The van der Waals surface area contributed by atoms with Crippen molar-refractivity contribution in [2.24, 2.45) is 0 Å². The molecule has 2 aromatic heterocycles. The predicted octanol–water partition coefficient (Wildman–Crippen LogP) is 2.49. The lowest BCUT2D eigenvalue weighted by atomic mass is 10.2. The van der Waals surface area contributed by atoms with E-state index in [1.54, 1.807) is 0 Å². The monoisotopic (exact) mass is 332 g/mol. The molecule has 0 aliphatic heterocycles. The van der Waals surface area contributed by atoms with Crippen molar-refractivity contribution in [3.8, 4) is 5.75 Å². The van der Waals surface area contributed by atoms with Crippen molar-refractivity contribution in [3.05, 3.63) is 58.5 Å². The van der Waals surface area contributed by atoms with E-state index in [1.807, 2.05) is 47.0 Å². The van der Waals surface area contributed by atoms with Gasteiger partial charge in [-0.1, -0.05) is 18.2 Å². The number of para-hydroxylation sites is 1. The number of rotatable bonds is 4. The van der Waals surface area contributed by atoms with Gasteiger partial charge in [0.2, 0.25) is 0 Å². The molecule has 6 heteroatoms. The molecule has 20 heavy (non-hydrogen) atoms. The fourth-order valence-corrected chi connectivity index (χ4v) is 2.43. The van der Waals surface area contributed by atoms with Crippen LogP contribution in [0.15, 0.2) is 47.1 Å². The number of aromatic hydroxyl groups is 1. The average molecular weight is 333 g/mol. The van der Waals surface area contributed by atoms with Crippen LogP contribution in [0, 0.1) is 0 Å². The van der Waals surface area contributed by atoms with E-state index >= 15 is 0 Å². The Morgan fingerprint density at radius 3 is 2.90 bits per heavy atom. The molecular formula is C14H13BrN4O. The van der Waals surface area contributed by atoms with E-state index < -0.39 is 0 Å². The Kier molecular flexibility index (Phi) is 3.66. The maximum atomic E-state index is 9.91. The largest absolute Gasteiger partial charge is 0.506 e. The summed E-state index contributed by atoms with van der Waals surface area (Å²) in [4.78, 5) is 0. The number of nitrogens with one attached hydrogen (secondary N) is 1. The second-order valence-electron chi connectivity index (χ2n) is 4.40. The van der Waals surface area contributed by atoms with Gasteiger partial charge in [0.1, 0.15) is 5.75 Å². The number of nitrogens with zero attached hydrogens (tertiary/aromatic N) is 3. The summed E-state index contributed by atoms with van der Waals surface area (Å²) in [6.07, 6.45) is 1.93. The van der Waals surface area contributed by atoms with E-state index in [1.165, 1.54) is 0 Å². The zero-order valence-corrected chi connectivity index (χ0v) is 12.2. The molecule has 3 rings (SSSR count). The summed E-state index contributed by atoms with van der Waals surface area (Å²) in [5, 5.41) is 21.4. The summed E-state index contributed by atoms with van der Waals surface area (Å²) in [7, 11) is 0. The summed E-state index contributed by atoms with van der Waals surface area (Å²) in [6, 6.07) is 11.4. The summed E-state index contributed by atoms with van der Waals surface area (Å²) < 4.78 is 2.64. The lowest BCUT2D eigenvalue weighted by molar-refractivity contribution is 0.460. The Morgan fingerprint density at radius 2 is 2.00 bits per heavy atom. The van der Waals surface area contributed by atoms with E-state index in [2.05, 4.69) is 31.4 Å². The Bertz CT molecular complexity index is 741. The van der Waals surface area contributed by atoms with Gasteiger partial charge in [0, 0.05) is 18.3 Å². The van der Waals surface area contributed by atoms with Gasteiger partial charge in [-0.3, -0.25) is 4.40 Å². The topological polar surface area (TPSA) is 62.5 Å². The highest BCUT2D eigenvalue weighted by Gasteiger charge is 2.06. The number of benzene rings is 1. The number of hydrogen-bond acceptors (Lipinski definition) is 4. The highest BCUT2D eigenvalue weighted by Crippen LogP contribution is 2.27. The number of aromatic nitrogens is 3. The van der Waals surface area contributed by atoms with Crippen LogP contribution in [0.1, 0.15) is 11.4 Å². The molecule has 0 saturated carbocycles. The molecule has 5 nitrogen and oxygen atoms in total. The number of halogens is 1. The molecule has 0 spiro atoms. The predicted molar refractivity (Wildman–Crippen MR) is 79.3 cm³/mol.